The molecule has 1 fully saturated rings. The molecular weight excluding hydrogens is 424 g/mol. The first-order chi connectivity index (χ1) is 16.4. The van der Waals surface area contributed by atoms with E-state index in [2.05, 4.69) is 60.4 Å². The SMILES string of the molecule is Cc1cc(-c2cccc([C@@H](C)/C(=N\O)c3ccc(C4CCC(C(=O)O)CC4)cc3)c2C)ccn1. The van der Waals surface area contributed by atoms with Gasteiger partial charge in [0.25, 0.3) is 0 Å². The standard InChI is InChI=1S/C29H32N2O3/c1-18-17-25(15-16-30-18)27-6-4-5-26(19(27)2)20(3)28(31-34)23-11-7-21(8-12-23)22-9-13-24(14-10-22)29(32)33/h4-8,11-12,15-17,20,22,24,34H,9-10,13-14H2,1-3H3,(H,32,33)/b31-28+/t20-,22?,24?/m1/s1. The van der Waals surface area contributed by atoms with Gasteiger partial charge in [-0.05, 0) is 91.0 Å². The van der Waals surface area contributed by atoms with Crippen LogP contribution in [-0.4, -0.2) is 27.0 Å². The monoisotopic (exact) mass is 456 g/mol. The molecule has 0 spiro atoms. The van der Waals surface area contributed by atoms with Crippen molar-refractivity contribution in [3.63, 3.8) is 0 Å². The van der Waals surface area contributed by atoms with Crippen LogP contribution in [0, 0.1) is 19.8 Å². The number of oxime groups is 1. The number of aromatic nitrogens is 1. The molecule has 0 radical (unpaired) electrons. The summed E-state index contributed by atoms with van der Waals surface area (Å²) in [6.45, 7) is 6.17. The molecule has 2 N–H and O–H groups in total. The maximum atomic E-state index is 11.2. The van der Waals surface area contributed by atoms with Crippen molar-refractivity contribution in [1.29, 1.82) is 0 Å². The van der Waals surface area contributed by atoms with Crippen molar-refractivity contribution in [1.82, 2.24) is 4.98 Å². The third-order valence-electron chi connectivity index (χ3n) is 7.32. The van der Waals surface area contributed by atoms with Crippen LogP contribution in [0.4, 0.5) is 0 Å². The number of benzene rings is 2. The van der Waals surface area contributed by atoms with Gasteiger partial charge in [-0.25, -0.2) is 0 Å². The molecule has 0 unspecified atom stereocenters. The zero-order valence-corrected chi connectivity index (χ0v) is 20.0. The molecule has 1 heterocycles. The lowest BCUT2D eigenvalue weighted by atomic mass is 9.78. The Morgan fingerprint density at radius 2 is 1.74 bits per heavy atom. The van der Waals surface area contributed by atoms with Crippen molar-refractivity contribution in [2.75, 3.05) is 0 Å². The number of aryl methyl sites for hydroxylation is 1. The predicted octanol–water partition coefficient (Wildman–Crippen LogP) is 6.71. The van der Waals surface area contributed by atoms with E-state index in [1.54, 1.807) is 0 Å². The first-order valence-electron chi connectivity index (χ1n) is 12.0. The largest absolute Gasteiger partial charge is 0.481 e. The van der Waals surface area contributed by atoms with E-state index in [1.165, 1.54) is 5.56 Å². The quantitative estimate of drug-likeness (QED) is 0.245. The number of rotatable bonds is 6. The molecule has 1 aliphatic carbocycles. The zero-order chi connectivity index (χ0) is 24.2. The summed E-state index contributed by atoms with van der Waals surface area (Å²) in [5, 5.41) is 22.9. The first-order valence-corrected chi connectivity index (χ1v) is 12.0. The molecule has 0 aliphatic heterocycles. The van der Waals surface area contributed by atoms with Crippen LogP contribution in [0.3, 0.4) is 0 Å². The molecule has 1 atom stereocenters. The van der Waals surface area contributed by atoms with Crippen molar-refractivity contribution in [2.45, 2.75) is 58.3 Å². The molecule has 176 valence electrons. The van der Waals surface area contributed by atoms with Crippen LogP contribution >= 0.6 is 0 Å². The number of carbonyl (C=O) groups is 1. The summed E-state index contributed by atoms with van der Waals surface area (Å²) in [6, 6.07) is 18.6. The van der Waals surface area contributed by atoms with Crippen molar-refractivity contribution in [3.8, 4) is 11.1 Å². The van der Waals surface area contributed by atoms with Crippen molar-refractivity contribution < 1.29 is 15.1 Å². The molecule has 1 aromatic heterocycles. The molecule has 34 heavy (non-hydrogen) atoms. The molecule has 5 nitrogen and oxygen atoms in total. The summed E-state index contributed by atoms with van der Waals surface area (Å²) in [5.74, 6) is -0.589. The number of carboxylic acid groups (broad SMARTS) is 1. The third-order valence-corrected chi connectivity index (χ3v) is 7.32. The molecule has 0 saturated heterocycles. The average molecular weight is 457 g/mol. The van der Waals surface area contributed by atoms with Crippen molar-refractivity contribution in [2.24, 2.45) is 11.1 Å². The van der Waals surface area contributed by atoms with E-state index >= 15 is 0 Å². The van der Waals surface area contributed by atoms with Gasteiger partial charge in [0.1, 0.15) is 0 Å². The molecule has 3 aromatic rings. The number of hydrogen-bond donors (Lipinski definition) is 2. The summed E-state index contributed by atoms with van der Waals surface area (Å²) in [7, 11) is 0. The van der Waals surface area contributed by atoms with E-state index < -0.39 is 5.97 Å². The Kier molecular flexibility index (Phi) is 7.11. The lowest BCUT2D eigenvalue weighted by molar-refractivity contribution is -0.142. The minimum atomic E-state index is -0.676. The van der Waals surface area contributed by atoms with Gasteiger partial charge in [-0.3, -0.25) is 9.78 Å². The van der Waals surface area contributed by atoms with E-state index in [0.717, 1.165) is 59.2 Å². The van der Waals surface area contributed by atoms with Gasteiger partial charge in [0.15, 0.2) is 0 Å². The Hall–Kier alpha value is -3.47. The van der Waals surface area contributed by atoms with Crippen LogP contribution in [0.2, 0.25) is 0 Å². The Balaban J connectivity index is 1.55. The van der Waals surface area contributed by atoms with Gasteiger partial charge < -0.3 is 10.3 Å². The third kappa shape index (κ3) is 4.89. The molecular formula is C29H32N2O3. The maximum Gasteiger partial charge on any atom is 0.306 e. The molecule has 1 saturated carbocycles. The molecule has 5 heteroatoms. The van der Waals surface area contributed by atoms with Crippen LogP contribution in [0.1, 0.15) is 72.4 Å². The fourth-order valence-corrected chi connectivity index (χ4v) is 5.29. The summed E-state index contributed by atoms with van der Waals surface area (Å²) in [4.78, 5) is 15.5. The predicted molar refractivity (Wildman–Crippen MR) is 135 cm³/mol. The number of carboxylic acids is 1. The Bertz CT molecular complexity index is 1190. The van der Waals surface area contributed by atoms with Gasteiger partial charge >= 0.3 is 5.97 Å². The van der Waals surface area contributed by atoms with Gasteiger partial charge in [-0.15, -0.1) is 0 Å². The second-order valence-corrected chi connectivity index (χ2v) is 9.42. The zero-order valence-electron chi connectivity index (χ0n) is 20.0. The van der Waals surface area contributed by atoms with Crippen LogP contribution in [0.15, 0.2) is 65.9 Å². The van der Waals surface area contributed by atoms with E-state index in [1.807, 2.05) is 31.3 Å². The summed E-state index contributed by atoms with van der Waals surface area (Å²) >= 11 is 0. The van der Waals surface area contributed by atoms with E-state index in [9.17, 15) is 15.1 Å². The molecule has 0 bridgehead atoms. The van der Waals surface area contributed by atoms with E-state index in [4.69, 9.17) is 0 Å². The van der Waals surface area contributed by atoms with Crippen molar-refractivity contribution in [3.05, 3.63) is 88.7 Å². The molecule has 2 aromatic carbocycles. The highest BCUT2D eigenvalue weighted by molar-refractivity contribution is 6.05. The summed E-state index contributed by atoms with van der Waals surface area (Å²) in [6.07, 6.45) is 5.09. The lowest BCUT2D eigenvalue weighted by Gasteiger charge is -2.26. The lowest BCUT2D eigenvalue weighted by Crippen LogP contribution is -2.20. The second kappa shape index (κ2) is 10.2. The second-order valence-electron chi connectivity index (χ2n) is 9.42. The molecule has 1 aliphatic rings. The van der Waals surface area contributed by atoms with Crippen molar-refractivity contribution >= 4 is 11.7 Å². The van der Waals surface area contributed by atoms with Crippen LogP contribution < -0.4 is 0 Å². The Labute approximate surface area is 201 Å². The summed E-state index contributed by atoms with van der Waals surface area (Å²) < 4.78 is 0. The first kappa shape index (κ1) is 23.7. The maximum absolute atomic E-state index is 11.2. The average Bonchev–Trinajstić information content (AvgIpc) is 2.85. The minimum Gasteiger partial charge on any atom is -0.481 e. The fourth-order valence-electron chi connectivity index (χ4n) is 5.29. The highest BCUT2D eigenvalue weighted by Gasteiger charge is 2.27. The summed E-state index contributed by atoms with van der Waals surface area (Å²) in [5.41, 5.74) is 8.29. The minimum absolute atomic E-state index is 0.0928. The number of pyridine rings is 1. The topological polar surface area (TPSA) is 82.8 Å². The van der Waals surface area contributed by atoms with E-state index in [-0.39, 0.29) is 11.8 Å². The number of hydrogen-bond acceptors (Lipinski definition) is 4. The number of nitrogens with zero attached hydrogens (tertiary/aromatic N) is 2. The van der Waals surface area contributed by atoms with Gasteiger partial charge in [0, 0.05) is 17.8 Å². The fraction of sp³-hybridized carbons (Fsp3) is 0.345. The van der Waals surface area contributed by atoms with Crippen LogP contribution in [-0.2, 0) is 4.79 Å². The Morgan fingerprint density at radius 3 is 2.35 bits per heavy atom. The van der Waals surface area contributed by atoms with E-state index in [0.29, 0.717) is 11.6 Å². The van der Waals surface area contributed by atoms with Gasteiger partial charge in [0.2, 0.25) is 0 Å². The highest BCUT2D eigenvalue weighted by atomic mass is 16.4. The molecule has 4 rings (SSSR count). The van der Waals surface area contributed by atoms with Crippen LogP contribution in [0.25, 0.3) is 11.1 Å². The van der Waals surface area contributed by atoms with Gasteiger partial charge in [-0.2, -0.15) is 0 Å². The normalized spacial score (nSPS) is 19.6. The molecule has 0 amide bonds. The van der Waals surface area contributed by atoms with Gasteiger partial charge in [-0.1, -0.05) is 54.5 Å². The number of aliphatic carboxylic acids is 1. The highest BCUT2D eigenvalue weighted by Crippen LogP contribution is 2.36. The Morgan fingerprint density at radius 1 is 1.03 bits per heavy atom. The van der Waals surface area contributed by atoms with Crippen LogP contribution in [0.5, 0.6) is 0 Å². The smallest absolute Gasteiger partial charge is 0.306 e. The van der Waals surface area contributed by atoms with Gasteiger partial charge in [0.05, 0.1) is 11.6 Å².